The molecule has 1 rings (SSSR count). The van der Waals surface area contributed by atoms with Gasteiger partial charge in [-0.15, -0.1) is 11.6 Å². The van der Waals surface area contributed by atoms with Crippen molar-refractivity contribution in [1.82, 2.24) is 0 Å². The van der Waals surface area contributed by atoms with E-state index in [9.17, 15) is 12.8 Å². The number of hydrogen-bond donors (Lipinski definition) is 0. The number of hydrogen-bond acceptors (Lipinski definition) is 2. The Bertz CT molecular complexity index is 456. The fourth-order valence-corrected chi connectivity index (χ4v) is 2.92. The maximum atomic E-state index is 12.8. The van der Waals surface area contributed by atoms with Gasteiger partial charge in [0.2, 0.25) is 0 Å². The zero-order chi connectivity index (χ0) is 13.6. The molecule has 2 nitrogen and oxygen atoms in total. The van der Waals surface area contributed by atoms with Gasteiger partial charge in [0.05, 0.1) is 5.75 Å². The number of benzene rings is 1. The molecule has 0 aliphatic heterocycles. The lowest BCUT2D eigenvalue weighted by atomic mass is 9.99. The molecule has 0 bridgehead atoms. The van der Waals surface area contributed by atoms with Gasteiger partial charge in [0.15, 0.2) is 0 Å². The van der Waals surface area contributed by atoms with Crippen LogP contribution in [-0.4, -0.2) is 25.8 Å². The van der Waals surface area contributed by atoms with Crippen molar-refractivity contribution in [2.24, 2.45) is 5.92 Å². The molecule has 0 aromatic heterocycles. The van der Waals surface area contributed by atoms with Gasteiger partial charge in [-0.1, -0.05) is 19.1 Å². The van der Waals surface area contributed by atoms with Gasteiger partial charge in [0.1, 0.15) is 15.7 Å². The summed E-state index contributed by atoms with van der Waals surface area (Å²) in [7, 11) is -2.94. The van der Waals surface area contributed by atoms with E-state index in [0.29, 0.717) is 18.7 Å². The average molecular weight is 293 g/mol. The molecule has 0 N–H and O–H groups in total. The summed E-state index contributed by atoms with van der Waals surface area (Å²) in [4.78, 5) is 0. The van der Waals surface area contributed by atoms with Crippen molar-refractivity contribution < 1.29 is 12.8 Å². The molecular weight excluding hydrogens is 275 g/mol. The van der Waals surface area contributed by atoms with E-state index in [2.05, 4.69) is 0 Å². The number of rotatable bonds is 7. The van der Waals surface area contributed by atoms with Gasteiger partial charge in [0.25, 0.3) is 0 Å². The molecule has 1 aromatic carbocycles. The van der Waals surface area contributed by atoms with Crippen LogP contribution in [0.5, 0.6) is 0 Å². The highest BCUT2D eigenvalue weighted by Crippen LogP contribution is 2.16. The standard InChI is InChI=1S/C13H18ClFO2S/c1-2-18(16,17)8-7-12(10-14)9-11-3-5-13(15)6-4-11/h3-6,12H,2,7-10H2,1H3. The minimum atomic E-state index is -2.94. The Labute approximate surface area is 113 Å². The van der Waals surface area contributed by atoms with Crippen molar-refractivity contribution in [3.8, 4) is 0 Å². The molecule has 0 aliphatic rings. The smallest absolute Gasteiger partial charge is 0.150 e. The zero-order valence-corrected chi connectivity index (χ0v) is 12.0. The van der Waals surface area contributed by atoms with E-state index < -0.39 is 9.84 Å². The first-order valence-electron chi connectivity index (χ1n) is 5.97. The quantitative estimate of drug-likeness (QED) is 0.724. The largest absolute Gasteiger partial charge is 0.229 e. The van der Waals surface area contributed by atoms with Crippen LogP contribution in [0.1, 0.15) is 18.9 Å². The molecule has 0 saturated carbocycles. The Morgan fingerprint density at radius 3 is 2.39 bits per heavy atom. The van der Waals surface area contributed by atoms with Crippen LogP contribution in [0.4, 0.5) is 4.39 Å². The first-order valence-corrected chi connectivity index (χ1v) is 8.33. The summed E-state index contributed by atoms with van der Waals surface area (Å²) in [5.74, 6) is 0.588. The fraction of sp³-hybridized carbons (Fsp3) is 0.538. The predicted molar refractivity (Wildman–Crippen MR) is 73.3 cm³/mol. The molecule has 0 heterocycles. The average Bonchev–Trinajstić information content (AvgIpc) is 2.37. The third-order valence-electron chi connectivity index (χ3n) is 2.93. The van der Waals surface area contributed by atoms with Gasteiger partial charge in [0, 0.05) is 11.6 Å². The van der Waals surface area contributed by atoms with Gasteiger partial charge < -0.3 is 0 Å². The van der Waals surface area contributed by atoms with Gasteiger partial charge in [-0.3, -0.25) is 0 Å². The number of alkyl halides is 1. The second-order valence-corrected chi connectivity index (χ2v) is 7.16. The minimum absolute atomic E-state index is 0.110. The Morgan fingerprint density at radius 2 is 1.89 bits per heavy atom. The van der Waals surface area contributed by atoms with Crippen LogP contribution in [0.25, 0.3) is 0 Å². The molecule has 0 aliphatic carbocycles. The summed E-state index contributed by atoms with van der Waals surface area (Å²) in [6.07, 6.45) is 1.24. The third-order valence-corrected chi connectivity index (χ3v) is 5.11. The van der Waals surface area contributed by atoms with Crippen molar-refractivity contribution >= 4 is 21.4 Å². The molecule has 0 fully saturated rings. The van der Waals surface area contributed by atoms with E-state index >= 15 is 0 Å². The second-order valence-electron chi connectivity index (χ2n) is 4.38. The van der Waals surface area contributed by atoms with Gasteiger partial charge >= 0.3 is 0 Å². The molecular formula is C13H18ClFO2S. The maximum absolute atomic E-state index is 12.8. The van der Waals surface area contributed by atoms with Crippen LogP contribution >= 0.6 is 11.6 Å². The second kappa shape index (κ2) is 7.10. The van der Waals surface area contributed by atoms with Crippen LogP contribution in [0.3, 0.4) is 0 Å². The Kier molecular flexibility index (Phi) is 6.09. The minimum Gasteiger partial charge on any atom is -0.229 e. The first kappa shape index (κ1) is 15.4. The maximum Gasteiger partial charge on any atom is 0.150 e. The van der Waals surface area contributed by atoms with E-state index in [1.165, 1.54) is 12.1 Å². The molecule has 0 saturated heterocycles. The Hall–Kier alpha value is -0.610. The van der Waals surface area contributed by atoms with Crippen LogP contribution in [0.15, 0.2) is 24.3 Å². The summed E-state index contributed by atoms with van der Waals surface area (Å²) >= 11 is 5.85. The molecule has 5 heteroatoms. The van der Waals surface area contributed by atoms with Crippen LogP contribution < -0.4 is 0 Å². The van der Waals surface area contributed by atoms with Crippen molar-refractivity contribution in [3.63, 3.8) is 0 Å². The fourth-order valence-electron chi connectivity index (χ4n) is 1.68. The van der Waals surface area contributed by atoms with Crippen molar-refractivity contribution in [1.29, 1.82) is 0 Å². The van der Waals surface area contributed by atoms with E-state index in [1.807, 2.05) is 0 Å². The molecule has 1 atom stereocenters. The molecule has 102 valence electrons. The SMILES string of the molecule is CCS(=O)(=O)CCC(CCl)Cc1ccc(F)cc1. The summed E-state index contributed by atoms with van der Waals surface area (Å²) in [6, 6.07) is 6.24. The normalized spacial score (nSPS) is 13.5. The van der Waals surface area contributed by atoms with Crippen LogP contribution in [0.2, 0.25) is 0 Å². The van der Waals surface area contributed by atoms with E-state index in [0.717, 1.165) is 5.56 Å². The van der Waals surface area contributed by atoms with Crippen LogP contribution in [0, 0.1) is 11.7 Å². The Morgan fingerprint density at radius 1 is 1.28 bits per heavy atom. The van der Waals surface area contributed by atoms with Crippen molar-refractivity contribution in [2.45, 2.75) is 19.8 Å². The molecule has 0 spiro atoms. The lowest BCUT2D eigenvalue weighted by Crippen LogP contribution is -2.15. The van der Waals surface area contributed by atoms with Gasteiger partial charge in [-0.25, -0.2) is 12.8 Å². The Balaban J connectivity index is 2.54. The zero-order valence-electron chi connectivity index (χ0n) is 10.4. The molecule has 0 radical (unpaired) electrons. The predicted octanol–water partition coefficient (Wildman–Crippen LogP) is 3.05. The molecule has 18 heavy (non-hydrogen) atoms. The summed E-state index contributed by atoms with van der Waals surface area (Å²) < 4.78 is 35.6. The highest BCUT2D eigenvalue weighted by Gasteiger charge is 2.14. The monoisotopic (exact) mass is 292 g/mol. The summed E-state index contributed by atoms with van der Waals surface area (Å²) in [5.41, 5.74) is 0.982. The lowest BCUT2D eigenvalue weighted by molar-refractivity contribution is 0.547. The molecule has 0 amide bonds. The topological polar surface area (TPSA) is 34.1 Å². The number of halogens is 2. The van der Waals surface area contributed by atoms with Gasteiger partial charge in [-0.2, -0.15) is 0 Å². The summed E-state index contributed by atoms with van der Waals surface area (Å²) in [5, 5.41) is 0. The highest BCUT2D eigenvalue weighted by molar-refractivity contribution is 7.91. The lowest BCUT2D eigenvalue weighted by Gasteiger charge is -2.13. The van der Waals surface area contributed by atoms with Crippen molar-refractivity contribution in [2.75, 3.05) is 17.4 Å². The third kappa shape index (κ3) is 5.36. The van der Waals surface area contributed by atoms with E-state index in [1.54, 1.807) is 19.1 Å². The first-order chi connectivity index (χ1) is 8.46. The van der Waals surface area contributed by atoms with Crippen LogP contribution in [-0.2, 0) is 16.3 Å². The summed E-state index contributed by atoms with van der Waals surface area (Å²) in [6.45, 7) is 1.64. The van der Waals surface area contributed by atoms with E-state index in [-0.39, 0.29) is 23.2 Å². The highest BCUT2D eigenvalue weighted by atomic mass is 35.5. The number of sulfone groups is 1. The van der Waals surface area contributed by atoms with Crippen molar-refractivity contribution in [3.05, 3.63) is 35.6 Å². The van der Waals surface area contributed by atoms with Gasteiger partial charge in [-0.05, 0) is 36.5 Å². The molecule has 1 aromatic rings. The molecule has 1 unspecified atom stereocenters. The van der Waals surface area contributed by atoms with E-state index in [4.69, 9.17) is 11.6 Å².